The van der Waals surface area contributed by atoms with E-state index in [1.165, 1.54) is 5.56 Å². The maximum Gasteiger partial charge on any atom is 0.154 e. The van der Waals surface area contributed by atoms with Gasteiger partial charge in [0, 0.05) is 10.7 Å². The van der Waals surface area contributed by atoms with Crippen molar-refractivity contribution in [2.45, 2.75) is 13.1 Å². The fourth-order valence-electron chi connectivity index (χ4n) is 1.70. The first-order valence-corrected chi connectivity index (χ1v) is 6.63. The molecular formula is C15H13ClN2S. The second-order valence-electron chi connectivity index (χ2n) is 4.18. The van der Waals surface area contributed by atoms with E-state index >= 15 is 0 Å². The molecule has 96 valence electrons. The highest BCUT2D eigenvalue weighted by molar-refractivity contribution is 7.78. The summed E-state index contributed by atoms with van der Waals surface area (Å²) in [6.45, 7) is 2.05. The third-order valence-corrected chi connectivity index (χ3v) is 3.08. The van der Waals surface area contributed by atoms with Crippen LogP contribution in [0.3, 0.4) is 0 Å². The lowest BCUT2D eigenvalue weighted by atomic mass is 10.1. The molecule has 1 N–H and O–H groups in total. The number of anilines is 1. The number of nitrogens with zero attached hydrogens (tertiary/aromatic N) is 1. The predicted molar refractivity (Wildman–Crippen MR) is 84.0 cm³/mol. The van der Waals surface area contributed by atoms with E-state index in [0.29, 0.717) is 5.02 Å². The lowest BCUT2D eigenvalue weighted by Crippen LogP contribution is -2.07. The Hall–Kier alpha value is -1.67. The molecule has 1 unspecified atom stereocenters. The van der Waals surface area contributed by atoms with Crippen molar-refractivity contribution in [1.29, 1.82) is 0 Å². The topological polar surface area (TPSA) is 24.4 Å². The number of thiocarbonyl (C=S) groups is 1. The van der Waals surface area contributed by atoms with Crippen LogP contribution in [0.1, 0.15) is 17.3 Å². The molecule has 0 aliphatic carbocycles. The van der Waals surface area contributed by atoms with Gasteiger partial charge >= 0.3 is 0 Å². The summed E-state index contributed by atoms with van der Waals surface area (Å²) in [5, 5.41) is 6.43. The van der Waals surface area contributed by atoms with E-state index in [-0.39, 0.29) is 6.17 Å². The second-order valence-corrected chi connectivity index (χ2v) is 4.80. The number of nitrogens with one attached hydrogen (secondary N) is 1. The van der Waals surface area contributed by atoms with Crippen LogP contribution in [0, 0.1) is 6.92 Å². The van der Waals surface area contributed by atoms with Gasteiger partial charge in [-0.3, -0.25) is 0 Å². The summed E-state index contributed by atoms with van der Waals surface area (Å²) >= 11 is 10.6. The van der Waals surface area contributed by atoms with E-state index < -0.39 is 0 Å². The molecule has 0 saturated carbocycles. The van der Waals surface area contributed by atoms with Gasteiger partial charge in [-0.25, -0.2) is 4.99 Å². The van der Waals surface area contributed by atoms with E-state index in [1.807, 2.05) is 55.5 Å². The van der Waals surface area contributed by atoms with Gasteiger partial charge in [0.15, 0.2) is 6.17 Å². The van der Waals surface area contributed by atoms with Gasteiger partial charge in [0.1, 0.15) is 0 Å². The van der Waals surface area contributed by atoms with E-state index in [4.69, 9.17) is 23.8 Å². The summed E-state index contributed by atoms with van der Waals surface area (Å²) in [4.78, 5) is 4.16. The summed E-state index contributed by atoms with van der Waals surface area (Å²) in [5.74, 6) is 0. The Kier molecular flexibility index (Phi) is 4.69. The Labute approximate surface area is 123 Å². The zero-order chi connectivity index (χ0) is 13.7. The molecular weight excluding hydrogens is 276 g/mol. The Morgan fingerprint density at radius 2 is 1.74 bits per heavy atom. The summed E-state index contributed by atoms with van der Waals surface area (Å²) in [7, 11) is 0. The molecule has 0 aliphatic rings. The minimum absolute atomic E-state index is 0.237. The van der Waals surface area contributed by atoms with Gasteiger partial charge in [-0.15, -0.1) is 0 Å². The van der Waals surface area contributed by atoms with Gasteiger partial charge in [-0.05, 0) is 49.0 Å². The van der Waals surface area contributed by atoms with Gasteiger partial charge in [-0.2, -0.15) is 0 Å². The quantitative estimate of drug-likeness (QED) is 0.642. The minimum atomic E-state index is -0.237. The number of halogens is 1. The van der Waals surface area contributed by atoms with Gasteiger partial charge in [0.05, 0.1) is 5.16 Å². The molecule has 4 heteroatoms. The highest BCUT2D eigenvalue weighted by atomic mass is 35.5. The molecule has 0 spiro atoms. The summed E-state index contributed by atoms with van der Waals surface area (Å²) in [5.41, 5.74) is 3.18. The molecule has 0 fully saturated rings. The van der Waals surface area contributed by atoms with Crippen LogP contribution < -0.4 is 5.32 Å². The summed E-state index contributed by atoms with van der Waals surface area (Å²) in [6.07, 6.45) is -0.237. The lowest BCUT2D eigenvalue weighted by Gasteiger charge is -2.15. The second kappa shape index (κ2) is 6.48. The molecule has 0 amide bonds. The number of aryl methyl sites for hydroxylation is 1. The Morgan fingerprint density at radius 1 is 1.11 bits per heavy atom. The van der Waals surface area contributed by atoms with Crippen LogP contribution in [0.2, 0.25) is 5.02 Å². The lowest BCUT2D eigenvalue weighted by molar-refractivity contribution is 0.845. The van der Waals surface area contributed by atoms with Crippen LogP contribution in [0.15, 0.2) is 53.5 Å². The first kappa shape index (κ1) is 13.8. The number of hydrogen-bond acceptors (Lipinski definition) is 3. The van der Waals surface area contributed by atoms with Crippen molar-refractivity contribution >= 4 is 34.7 Å². The monoisotopic (exact) mass is 288 g/mol. The molecule has 2 aromatic carbocycles. The van der Waals surface area contributed by atoms with Crippen molar-refractivity contribution < 1.29 is 0 Å². The maximum absolute atomic E-state index is 5.86. The standard InChI is InChI=1S/C15H13ClN2S/c1-11-2-4-12(5-3-11)15(17-10-19)18-14-8-6-13(16)7-9-14/h2-9,15,18H,1H3. The molecule has 0 aliphatic heterocycles. The van der Waals surface area contributed by atoms with Crippen molar-refractivity contribution in [3.8, 4) is 0 Å². The van der Waals surface area contributed by atoms with E-state index in [2.05, 4.69) is 15.5 Å². The zero-order valence-electron chi connectivity index (χ0n) is 10.4. The van der Waals surface area contributed by atoms with Crippen LogP contribution in [-0.2, 0) is 0 Å². The average molecular weight is 289 g/mol. The molecule has 2 rings (SSSR count). The Balaban J connectivity index is 2.23. The van der Waals surface area contributed by atoms with Crippen molar-refractivity contribution in [1.82, 2.24) is 0 Å². The fourth-order valence-corrected chi connectivity index (χ4v) is 1.93. The smallest absolute Gasteiger partial charge is 0.154 e. The summed E-state index contributed by atoms with van der Waals surface area (Å²) in [6, 6.07) is 15.6. The average Bonchev–Trinajstić information content (AvgIpc) is 2.42. The van der Waals surface area contributed by atoms with Crippen LogP contribution >= 0.6 is 23.8 Å². The number of hydrogen-bond donors (Lipinski definition) is 1. The number of isothiocyanates is 1. The first-order valence-electron chi connectivity index (χ1n) is 5.84. The normalized spacial score (nSPS) is 11.5. The molecule has 2 nitrogen and oxygen atoms in total. The van der Waals surface area contributed by atoms with Gasteiger partial charge in [0.25, 0.3) is 0 Å². The first-order chi connectivity index (χ1) is 9.19. The largest absolute Gasteiger partial charge is 0.359 e. The van der Waals surface area contributed by atoms with Crippen molar-refractivity contribution in [3.63, 3.8) is 0 Å². The van der Waals surface area contributed by atoms with Gasteiger partial charge < -0.3 is 5.32 Å². The summed E-state index contributed by atoms with van der Waals surface area (Å²) < 4.78 is 0. The van der Waals surface area contributed by atoms with Crippen molar-refractivity contribution in [2.24, 2.45) is 4.99 Å². The van der Waals surface area contributed by atoms with E-state index in [0.717, 1.165) is 11.3 Å². The third kappa shape index (κ3) is 3.90. The third-order valence-electron chi connectivity index (χ3n) is 2.72. The van der Waals surface area contributed by atoms with Crippen molar-refractivity contribution in [3.05, 3.63) is 64.7 Å². The van der Waals surface area contributed by atoms with Gasteiger partial charge in [0.2, 0.25) is 0 Å². The minimum Gasteiger partial charge on any atom is -0.359 e. The van der Waals surface area contributed by atoms with E-state index in [9.17, 15) is 0 Å². The highest BCUT2D eigenvalue weighted by Gasteiger charge is 2.08. The highest BCUT2D eigenvalue weighted by Crippen LogP contribution is 2.22. The molecule has 0 radical (unpaired) electrons. The van der Waals surface area contributed by atoms with Crippen molar-refractivity contribution in [2.75, 3.05) is 5.32 Å². The molecule has 0 heterocycles. The number of rotatable bonds is 4. The number of aliphatic imine (C=N–C) groups is 1. The van der Waals surface area contributed by atoms with E-state index in [1.54, 1.807) is 0 Å². The van der Waals surface area contributed by atoms with Crippen LogP contribution in [0.4, 0.5) is 5.69 Å². The number of benzene rings is 2. The van der Waals surface area contributed by atoms with Crippen LogP contribution in [0.25, 0.3) is 0 Å². The molecule has 1 atom stereocenters. The maximum atomic E-state index is 5.86. The molecule has 0 bridgehead atoms. The Bertz CT molecular complexity index is 587. The Morgan fingerprint density at radius 3 is 2.32 bits per heavy atom. The molecule has 2 aromatic rings. The van der Waals surface area contributed by atoms with Crippen LogP contribution in [-0.4, -0.2) is 5.16 Å². The molecule has 0 aromatic heterocycles. The molecule has 19 heavy (non-hydrogen) atoms. The van der Waals surface area contributed by atoms with Gasteiger partial charge in [-0.1, -0.05) is 41.4 Å². The predicted octanol–water partition coefficient (Wildman–Crippen LogP) is 4.86. The zero-order valence-corrected chi connectivity index (χ0v) is 12.0. The fraction of sp³-hybridized carbons (Fsp3) is 0.133. The SMILES string of the molecule is Cc1ccc(C(N=C=S)Nc2ccc(Cl)cc2)cc1. The van der Waals surface area contributed by atoms with Crippen LogP contribution in [0.5, 0.6) is 0 Å². The molecule has 0 saturated heterocycles.